The number of nitrogens with zero attached hydrogens (tertiary/aromatic N) is 2. The number of esters is 1. The van der Waals surface area contributed by atoms with E-state index < -0.39 is 29.7 Å². The van der Waals surface area contributed by atoms with Crippen molar-refractivity contribution in [1.29, 1.82) is 0 Å². The Labute approximate surface area is 142 Å². The topological polar surface area (TPSA) is 109 Å². The van der Waals surface area contributed by atoms with Crippen molar-refractivity contribution in [3.63, 3.8) is 0 Å². The van der Waals surface area contributed by atoms with Crippen LogP contribution in [0.2, 0.25) is 0 Å². The molecule has 132 valence electrons. The van der Waals surface area contributed by atoms with Crippen LogP contribution in [0, 0.1) is 0 Å². The van der Waals surface area contributed by atoms with Gasteiger partial charge in [-0.25, -0.2) is 9.59 Å². The van der Waals surface area contributed by atoms with E-state index in [0.717, 1.165) is 15.2 Å². The lowest BCUT2D eigenvalue weighted by molar-refractivity contribution is -0.119. The standard InChI is InChI=1S/C16H17N3O6/c1-18-12(8-14(21)19(2)16(18)23)17-13(20)9-25-15(22)10-5-4-6-11(7-10)24-3/h4-8H,9H2,1-3H3,(H,17,20). The predicted octanol–water partition coefficient (Wildman–Crippen LogP) is -0.112. The van der Waals surface area contributed by atoms with Gasteiger partial charge in [0.15, 0.2) is 6.61 Å². The van der Waals surface area contributed by atoms with E-state index in [2.05, 4.69) is 5.32 Å². The van der Waals surface area contributed by atoms with Crippen molar-refractivity contribution in [2.45, 2.75) is 0 Å². The molecule has 0 atom stereocenters. The number of carbonyl (C=O) groups excluding carboxylic acids is 2. The summed E-state index contributed by atoms with van der Waals surface area (Å²) in [7, 11) is 4.19. The Morgan fingerprint density at radius 2 is 1.84 bits per heavy atom. The number of anilines is 1. The number of hydrogen-bond acceptors (Lipinski definition) is 6. The maximum atomic E-state index is 11.9. The van der Waals surface area contributed by atoms with Crippen LogP contribution in [0.5, 0.6) is 5.75 Å². The normalized spacial score (nSPS) is 10.2. The molecule has 25 heavy (non-hydrogen) atoms. The summed E-state index contributed by atoms with van der Waals surface area (Å²) in [6.45, 7) is -0.570. The highest BCUT2D eigenvalue weighted by Gasteiger charge is 2.13. The number of benzene rings is 1. The van der Waals surface area contributed by atoms with Crippen LogP contribution in [0.15, 0.2) is 39.9 Å². The van der Waals surface area contributed by atoms with E-state index >= 15 is 0 Å². The summed E-state index contributed by atoms with van der Waals surface area (Å²) in [6, 6.07) is 7.38. The highest BCUT2D eigenvalue weighted by molar-refractivity contribution is 5.95. The van der Waals surface area contributed by atoms with E-state index in [4.69, 9.17) is 9.47 Å². The molecule has 0 fully saturated rings. The highest BCUT2D eigenvalue weighted by atomic mass is 16.5. The molecule has 0 saturated heterocycles. The first-order valence-electron chi connectivity index (χ1n) is 7.21. The molecule has 0 radical (unpaired) electrons. The second-order valence-electron chi connectivity index (χ2n) is 5.12. The lowest BCUT2D eigenvalue weighted by atomic mass is 10.2. The van der Waals surface area contributed by atoms with Crippen LogP contribution in [-0.4, -0.2) is 34.7 Å². The van der Waals surface area contributed by atoms with Gasteiger partial charge >= 0.3 is 11.7 Å². The van der Waals surface area contributed by atoms with Gasteiger partial charge in [0.25, 0.3) is 11.5 Å². The molecule has 1 aromatic carbocycles. The summed E-state index contributed by atoms with van der Waals surface area (Å²) in [5, 5.41) is 2.36. The van der Waals surface area contributed by atoms with E-state index in [1.165, 1.54) is 33.3 Å². The monoisotopic (exact) mass is 347 g/mol. The molecule has 1 aromatic heterocycles. The molecular formula is C16H17N3O6. The van der Waals surface area contributed by atoms with Crippen molar-refractivity contribution < 1.29 is 19.1 Å². The van der Waals surface area contributed by atoms with E-state index in [1.54, 1.807) is 12.1 Å². The molecule has 9 heteroatoms. The Hall–Kier alpha value is -3.36. The van der Waals surface area contributed by atoms with Gasteiger partial charge in [0.2, 0.25) is 0 Å². The number of ether oxygens (including phenoxy) is 2. The van der Waals surface area contributed by atoms with Crippen LogP contribution in [-0.2, 0) is 23.6 Å². The van der Waals surface area contributed by atoms with Crippen LogP contribution in [0.25, 0.3) is 0 Å². The molecule has 2 aromatic rings. The van der Waals surface area contributed by atoms with Crippen molar-refractivity contribution in [2.75, 3.05) is 19.0 Å². The Kier molecular flexibility index (Phi) is 5.38. The summed E-state index contributed by atoms with van der Waals surface area (Å²) in [4.78, 5) is 47.2. The zero-order valence-electron chi connectivity index (χ0n) is 13.9. The molecule has 0 saturated carbocycles. The number of hydrogen-bond donors (Lipinski definition) is 1. The molecule has 0 aliphatic rings. The van der Waals surface area contributed by atoms with Gasteiger partial charge in [0, 0.05) is 20.2 Å². The fourth-order valence-corrected chi connectivity index (χ4v) is 2.00. The van der Waals surface area contributed by atoms with E-state index in [-0.39, 0.29) is 11.4 Å². The predicted molar refractivity (Wildman–Crippen MR) is 88.8 cm³/mol. The van der Waals surface area contributed by atoms with Gasteiger partial charge in [0.05, 0.1) is 12.7 Å². The number of rotatable bonds is 5. The SMILES string of the molecule is COc1cccc(C(=O)OCC(=O)Nc2cc(=O)n(C)c(=O)n2C)c1. The summed E-state index contributed by atoms with van der Waals surface area (Å²) < 4.78 is 11.9. The van der Waals surface area contributed by atoms with Gasteiger partial charge in [0.1, 0.15) is 11.6 Å². The largest absolute Gasteiger partial charge is 0.497 e. The van der Waals surface area contributed by atoms with Gasteiger partial charge in [-0.2, -0.15) is 0 Å². The summed E-state index contributed by atoms with van der Waals surface area (Å²) in [5.74, 6) is -0.893. The van der Waals surface area contributed by atoms with Crippen LogP contribution in [0.1, 0.15) is 10.4 Å². The maximum absolute atomic E-state index is 11.9. The third-order valence-corrected chi connectivity index (χ3v) is 3.43. The van der Waals surface area contributed by atoms with E-state index in [1.807, 2.05) is 0 Å². The average Bonchev–Trinajstić information content (AvgIpc) is 2.62. The van der Waals surface area contributed by atoms with Crippen LogP contribution in [0.3, 0.4) is 0 Å². The minimum atomic E-state index is -0.702. The second-order valence-corrected chi connectivity index (χ2v) is 5.12. The van der Waals surface area contributed by atoms with Crippen LogP contribution < -0.4 is 21.3 Å². The molecule has 0 bridgehead atoms. The molecular weight excluding hydrogens is 330 g/mol. The molecule has 0 aliphatic carbocycles. The van der Waals surface area contributed by atoms with Crippen molar-refractivity contribution in [3.05, 3.63) is 56.7 Å². The van der Waals surface area contributed by atoms with Gasteiger partial charge in [-0.1, -0.05) is 6.07 Å². The zero-order chi connectivity index (χ0) is 18.6. The third-order valence-electron chi connectivity index (χ3n) is 3.43. The molecule has 2 rings (SSSR count). The summed E-state index contributed by atoms with van der Waals surface area (Å²) in [5.41, 5.74) is -0.920. The van der Waals surface area contributed by atoms with Crippen molar-refractivity contribution in [1.82, 2.24) is 9.13 Å². The fraction of sp³-hybridized carbons (Fsp3) is 0.250. The molecule has 9 nitrogen and oxygen atoms in total. The smallest absolute Gasteiger partial charge is 0.338 e. The Balaban J connectivity index is 2.03. The van der Waals surface area contributed by atoms with Crippen molar-refractivity contribution >= 4 is 17.7 Å². The summed E-state index contributed by atoms with van der Waals surface area (Å²) in [6.07, 6.45) is 0. The first-order chi connectivity index (χ1) is 11.8. The van der Waals surface area contributed by atoms with Gasteiger partial charge in [-0.15, -0.1) is 0 Å². The second kappa shape index (κ2) is 7.47. The average molecular weight is 347 g/mol. The van der Waals surface area contributed by atoms with Gasteiger partial charge in [-0.3, -0.25) is 18.7 Å². The minimum absolute atomic E-state index is 0.00975. The number of amides is 1. The lowest BCUT2D eigenvalue weighted by Crippen LogP contribution is -2.38. The molecule has 1 heterocycles. The number of nitrogens with one attached hydrogen (secondary N) is 1. The Bertz CT molecular complexity index is 928. The Morgan fingerprint density at radius 1 is 1.12 bits per heavy atom. The van der Waals surface area contributed by atoms with E-state index in [0.29, 0.717) is 5.75 Å². The Morgan fingerprint density at radius 3 is 2.52 bits per heavy atom. The third kappa shape index (κ3) is 4.14. The number of methoxy groups -OCH3 is 1. The fourth-order valence-electron chi connectivity index (χ4n) is 2.00. The van der Waals surface area contributed by atoms with Crippen LogP contribution >= 0.6 is 0 Å². The first kappa shape index (κ1) is 18.0. The van der Waals surface area contributed by atoms with Crippen molar-refractivity contribution in [2.24, 2.45) is 14.1 Å². The lowest BCUT2D eigenvalue weighted by Gasteiger charge is -2.11. The zero-order valence-corrected chi connectivity index (χ0v) is 13.9. The number of aromatic nitrogens is 2. The number of carbonyl (C=O) groups is 2. The highest BCUT2D eigenvalue weighted by Crippen LogP contribution is 2.13. The molecule has 0 aliphatic heterocycles. The van der Waals surface area contributed by atoms with Gasteiger partial charge in [-0.05, 0) is 18.2 Å². The maximum Gasteiger partial charge on any atom is 0.338 e. The molecule has 1 amide bonds. The summed E-state index contributed by atoms with van der Waals surface area (Å²) >= 11 is 0. The minimum Gasteiger partial charge on any atom is -0.497 e. The van der Waals surface area contributed by atoms with Crippen LogP contribution in [0.4, 0.5) is 5.82 Å². The van der Waals surface area contributed by atoms with Gasteiger partial charge < -0.3 is 14.8 Å². The molecule has 1 N–H and O–H groups in total. The first-order valence-corrected chi connectivity index (χ1v) is 7.21. The van der Waals surface area contributed by atoms with E-state index in [9.17, 15) is 19.2 Å². The molecule has 0 spiro atoms. The molecule has 0 unspecified atom stereocenters. The quantitative estimate of drug-likeness (QED) is 0.756. The van der Waals surface area contributed by atoms with Crippen molar-refractivity contribution in [3.8, 4) is 5.75 Å².